The first-order valence-corrected chi connectivity index (χ1v) is 6.88. The lowest BCUT2D eigenvalue weighted by atomic mass is 9.96. The Hall–Kier alpha value is -2.15. The first-order valence-electron chi connectivity index (χ1n) is 6.88. The van der Waals surface area contributed by atoms with Gasteiger partial charge in [0.1, 0.15) is 0 Å². The van der Waals surface area contributed by atoms with Crippen LogP contribution < -0.4 is 10.5 Å². The zero-order valence-corrected chi connectivity index (χ0v) is 11.9. The van der Waals surface area contributed by atoms with Crippen LogP contribution in [0.3, 0.4) is 0 Å². The largest absolute Gasteiger partial charge is 0.490 e. The van der Waals surface area contributed by atoms with Gasteiger partial charge in [0.25, 0.3) is 5.91 Å². The van der Waals surface area contributed by atoms with E-state index in [9.17, 15) is 14.9 Å². The fourth-order valence-corrected chi connectivity index (χ4v) is 2.52. The fraction of sp³-hybridized carbons (Fsp3) is 0.500. The van der Waals surface area contributed by atoms with E-state index in [4.69, 9.17) is 10.5 Å². The van der Waals surface area contributed by atoms with Crippen molar-refractivity contribution in [1.29, 1.82) is 0 Å². The molecule has 1 aliphatic heterocycles. The summed E-state index contributed by atoms with van der Waals surface area (Å²) in [5.74, 6) is 0.446. The van der Waals surface area contributed by atoms with E-state index in [0.717, 1.165) is 12.8 Å². The van der Waals surface area contributed by atoms with Gasteiger partial charge in [-0.3, -0.25) is 14.9 Å². The van der Waals surface area contributed by atoms with Gasteiger partial charge in [-0.05, 0) is 31.4 Å². The number of nitrogens with two attached hydrogens (primary N) is 1. The van der Waals surface area contributed by atoms with E-state index in [2.05, 4.69) is 0 Å². The molecule has 1 aliphatic rings. The van der Waals surface area contributed by atoms with Gasteiger partial charge in [-0.1, -0.05) is 0 Å². The number of nitro groups is 1. The normalized spacial score (nSPS) is 15.8. The smallest absolute Gasteiger partial charge is 0.310 e. The number of benzene rings is 1. The molecule has 21 heavy (non-hydrogen) atoms. The average molecular weight is 293 g/mol. The van der Waals surface area contributed by atoms with Crippen molar-refractivity contribution >= 4 is 11.6 Å². The van der Waals surface area contributed by atoms with Crippen molar-refractivity contribution in [2.24, 2.45) is 11.7 Å². The first-order chi connectivity index (χ1) is 10.1. The second-order valence-electron chi connectivity index (χ2n) is 5.12. The Bertz CT molecular complexity index is 539. The Kier molecular flexibility index (Phi) is 4.74. The molecule has 0 radical (unpaired) electrons. The maximum Gasteiger partial charge on any atom is 0.310 e. The lowest BCUT2D eigenvalue weighted by Crippen LogP contribution is -2.40. The maximum atomic E-state index is 12.4. The first kappa shape index (κ1) is 15.2. The zero-order valence-electron chi connectivity index (χ0n) is 11.9. The second kappa shape index (κ2) is 6.53. The maximum absolute atomic E-state index is 12.4. The van der Waals surface area contributed by atoms with Crippen molar-refractivity contribution in [3.05, 3.63) is 33.9 Å². The molecule has 1 aromatic carbocycles. The van der Waals surface area contributed by atoms with E-state index in [0.29, 0.717) is 31.1 Å². The number of carbonyl (C=O) groups excluding carboxylic acids is 1. The molecule has 2 N–H and O–H groups in total. The summed E-state index contributed by atoms with van der Waals surface area (Å²) in [4.78, 5) is 24.5. The molecule has 1 aromatic rings. The minimum Gasteiger partial charge on any atom is -0.490 e. The summed E-state index contributed by atoms with van der Waals surface area (Å²) < 4.78 is 4.99. The van der Waals surface area contributed by atoms with Crippen LogP contribution in [0.2, 0.25) is 0 Å². The number of carbonyl (C=O) groups is 1. The monoisotopic (exact) mass is 293 g/mol. The minimum absolute atomic E-state index is 0.0997. The van der Waals surface area contributed by atoms with E-state index in [1.165, 1.54) is 25.3 Å². The summed E-state index contributed by atoms with van der Waals surface area (Å²) in [5, 5.41) is 10.9. The number of likely N-dealkylation sites (tertiary alicyclic amines) is 1. The number of amides is 1. The van der Waals surface area contributed by atoms with Crippen molar-refractivity contribution in [3.8, 4) is 5.75 Å². The van der Waals surface area contributed by atoms with Crippen LogP contribution in [0.25, 0.3) is 0 Å². The molecule has 7 heteroatoms. The van der Waals surface area contributed by atoms with Gasteiger partial charge in [0.05, 0.1) is 12.0 Å². The number of nitro benzene ring substituents is 1. The molecule has 114 valence electrons. The molecule has 0 bridgehead atoms. The number of piperidine rings is 1. The highest BCUT2D eigenvalue weighted by Gasteiger charge is 2.24. The van der Waals surface area contributed by atoms with Crippen LogP contribution in [0.15, 0.2) is 18.2 Å². The van der Waals surface area contributed by atoms with E-state index >= 15 is 0 Å². The molecule has 1 amide bonds. The summed E-state index contributed by atoms with van der Waals surface area (Å²) in [6, 6.07) is 4.20. The van der Waals surface area contributed by atoms with E-state index in [1.54, 1.807) is 4.90 Å². The molecule has 1 heterocycles. The van der Waals surface area contributed by atoms with Gasteiger partial charge in [0.2, 0.25) is 0 Å². The second-order valence-corrected chi connectivity index (χ2v) is 5.12. The number of ether oxygens (including phenoxy) is 1. The quantitative estimate of drug-likeness (QED) is 0.668. The van der Waals surface area contributed by atoms with Crippen LogP contribution in [0.4, 0.5) is 5.69 Å². The van der Waals surface area contributed by atoms with Crippen LogP contribution in [0.1, 0.15) is 23.2 Å². The van der Waals surface area contributed by atoms with E-state index in [-0.39, 0.29) is 17.3 Å². The molecule has 0 atom stereocenters. The molecule has 0 spiro atoms. The van der Waals surface area contributed by atoms with Gasteiger partial charge in [-0.25, -0.2) is 0 Å². The number of nitrogens with zero attached hydrogens (tertiary/aromatic N) is 2. The van der Waals surface area contributed by atoms with Crippen molar-refractivity contribution < 1.29 is 14.5 Å². The van der Waals surface area contributed by atoms with Crippen LogP contribution >= 0.6 is 0 Å². The highest BCUT2D eigenvalue weighted by molar-refractivity contribution is 5.95. The Balaban J connectivity index is 2.15. The standard InChI is InChI=1S/C14H19N3O4/c1-21-13-8-11(2-3-12(13)17(19)20)14(18)16-6-4-10(9-15)5-7-16/h2-3,8,10H,4-7,9,15H2,1H3. The number of hydrogen-bond donors (Lipinski definition) is 1. The third-order valence-electron chi connectivity index (χ3n) is 3.86. The molecular weight excluding hydrogens is 274 g/mol. The van der Waals surface area contributed by atoms with Gasteiger partial charge >= 0.3 is 5.69 Å². The van der Waals surface area contributed by atoms with Crippen LogP contribution in [0, 0.1) is 16.0 Å². The summed E-state index contributed by atoms with van der Waals surface area (Å²) >= 11 is 0. The Labute approximate surface area is 122 Å². The van der Waals surface area contributed by atoms with Gasteiger partial charge in [0, 0.05) is 30.8 Å². The van der Waals surface area contributed by atoms with E-state index < -0.39 is 4.92 Å². The van der Waals surface area contributed by atoms with Crippen LogP contribution in [-0.4, -0.2) is 42.5 Å². The third kappa shape index (κ3) is 3.30. The molecule has 0 saturated carbocycles. The molecule has 7 nitrogen and oxygen atoms in total. The average Bonchev–Trinajstić information content (AvgIpc) is 2.53. The molecule has 1 fully saturated rings. The molecule has 0 unspecified atom stereocenters. The Morgan fingerprint density at radius 1 is 1.48 bits per heavy atom. The lowest BCUT2D eigenvalue weighted by Gasteiger charge is -2.31. The van der Waals surface area contributed by atoms with Gasteiger partial charge in [0.15, 0.2) is 5.75 Å². The molecule has 0 aliphatic carbocycles. The SMILES string of the molecule is COc1cc(C(=O)N2CCC(CN)CC2)ccc1[N+](=O)[O-]. The van der Waals surface area contributed by atoms with Crippen LogP contribution in [0.5, 0.6) is 5.75 Å². The number of hydrogen-bond acceptors (Lipinski definition) is 5. The molecule has 0 aromatic heterocycles. The topological polar surface area (TPSA) is 98.7 Å². The van der Waals surface area contributed by atoms with Crippen molar-refractivity contribution in [2.45, 2.75) is 12.8 Å². The lowest BCUT2D eigenvalue weighted by molar-refractivity contribution is -0.385. The summed E-state index contributed by atoms with van der Waals surface area (Å²) in [6.45, 7) is 1.98. The van der Waals surface area contributed by atoms with Crippen molar-refractivity contribution in [2.75, 3.05) is 26.7 Å². The summed E-state index contributed by atoms with van der Waals surface area (Å²) in [6.07, 6.45) is 1.79. The summed E-state index contributed by atoms with van der Waals surface area (Å²) in [5.41, 5.74) is 5.90. The fourth-order valence-electron chi connectivity index (χ4n) is 2.52. The van der Waals surface area contributed by atoms with Gasteiger partial charge in [-0.2, -0.15) is 0 Å². The van der Waals surface area contributed by atoms with Crippen molar-refractivity contribution in [3.63, 3.8) is 0 Å². The van der Waals surface area contributed by atoms with Gasteiger partial charge in [-0.15, -0.1) is 0 Å². The highest BCUT2D eigenvalue weighted by Crippen LogP contribution is 2.28. The molecular formula is C14H19N3O4. The van der Waals surface area contributed by atoms with E-state index in [1.807, 2.05) is 0 Å². The number of methoxy groups -OCH3 is 1. The zero-order chi connectivity index (χ0) is 15.4. The predicted molar refractivity (Wildman–Crippen MR) is 77.3 cm³/mol. The van der Waals surface area contributed by atoms with Gasteiger partial charge < -0.3 is 15.4 Å². The molecule has 2 rings (SSSR count). The minimum atomic E-state index is -0.528. The predicted octanol–water partition coefficient (Wildman–Crippen LogP) is 1.41. The Morgan fingerprint density at radius 3 is 2.67 bits per heavy atom. The van der Waals surface area contributed by atoms with Crippen molar-refractivity contribution in [1.82, 2.24) is 4.90 Å². The third-order valence-corrected chi connectivity index (χ3v) is 3.86. The highest BCUT2D eigenvalue weighted by atomic mass is 16.6. The summed E-state index contributed by atoms with van der Waals surface area (Å²) in [7, 11) is 1.35. The molecule has 1 saturated heterocycles. The Morgan fingerprint density at radius 2 is 2.14 bits per heavy atom. The van der Waals surface area contributed by atoms with Crippen LogP contribution in [-0.2, 0) is 0 Å². The number of rotatable bonds is 4.